The molecule has 0 N–H and O–H groups in total. The summed E-state index contributed by atoms with van der Waals surface area (Å²) in [6.45, 7) is 11.2. The van der Waals surface area contributed by atoms with Gasteiger partial charge in [-0.1, -0.05) is 13.8 Å². The number of rotatable bonds is 2. The highest BCUT2D eigenvalue weighted by atomic mass is 16.5. The maximum absolute atomic E-state index is 13.7. The van der Waals surface area contributed by atoms with E-state index in [1.165, 1.54) is 64.5 Å². The molecule has 4 heteroatoms. The highest BCUT2D eigenvalue weighted by Gasteiger charge is 2.63. The zero-order valence-corrected chi connectivity index (χ0v) is 20.0. The molecular formula is C27H44N2O2. The Hall–Kier alpha value is -0.450. The summed E-state index contributed by atoms with van der Waals surface area (Å²) in [5.74, 6) is 3.78. The zero-order chi connectivity index (χ0) is 21.2. The number of ketones is 1. The number of likely N-dealkylation sites (tertiary alicyclic amines) is 1. The fourth-order valence-corrected chi connectivity index (χ4v) is 9.67. The van der Waals surface area contributed by atoms with Crippen LogP contribution in [0.3, 0.4) is 0 Å². The van der Waals surface area contributed by atoms with Crippen LogP contribution in [0.1, 0.15) is 78.1 Å². The van der Waals surface area contributed by atoms with Crippen molar-refractivity contribution in [1.82, 2.24) is 9.80 Å². The smallest absolute Gasteiger partial charge is 0.156 e. The van der Waals surface area contributed by atoms with Gasteiger partial charge in [-0.25, -0.2) is 0 Å². The Morgan fingerprint density at radius 1 is 0.839 bits per heavy atom. The van der Waals surface area contributed by atoms with Crippen LogP contribution < -0.4 is 0 Å². The molecule has 6 fully saturated rings. The summed E-state index contributed by atoms with van der Waals surface area (Å²) in [6.07, 6.45) is 13.6. The van der Waals surface area contributed by atoms with Crippen LogP contribution in [0.5, 0.6) is 0 Å². The lowest BCUT2D eigenvalue weighted by Gasteiger charge is -2.60. The fourth-order valence-electron chi connectivity index (χ4n) is 9.67. The Balaban J connectivity index is 1.21. The second-order valence-corrected chi connectivity index (χ2v) is 12.5. The first-order valence-corrected chi connectivity index (χ1v) is 13.6. The standard InChI is InChI=1S/C27H44N2O2/c1-26-9-7-20(28-11-3-4-12-28)17-19(26)5-6-21-22(26)8-10-27(2)23(21)18-24(25(27)30)29-13-15-31-16-14-29/h19-24H,3-18H2,1-2H3/t19-,20+,21+,22-,23-,24-,26-,27-/m0/s1. The third-order valence-electron chi connectivity index (χ3n) is 11.5. The van der Waals surface area contributed by atoms with Gasteiger partial charge >= 0.3 is 0 Å². The number of carbonyl (C=O) groups is 1. The van der Waals surface area contributed by atoms with Gasteiger partial charge < -0.3 is 9.64 Å². The minimum absolute atomic E-state index is 0.0555. The van der Waals surface area contributed by atoms with Crippen LogP contribution in [0.25, 0.3) is 0 Å². The third-order valence-corrected chi connectivity index (χ3v) is 11.5. The first kappa shape index (κ1) is 21.1. The average Bonchev–Trinajstić information content (AvgIpc) is 3.41. The molecule has 6 rings (SSSR count). The van der Waals surface area contributed by atoms with E-state index in [1.807, 2.05) is 0 Å². The summed E-state index contributed by atoms with van der Waals surface area (Å²) in [7, 11) is 0. The van der Waals surface area contributed by atoms with Gasteiger partial charge in [0.1, 0.15) is 0 Å². The molecule has 174 valence electrons. The van der Waals surface area contributed by atoms with Gasteiger partial charge in [-0.2, -0.15) is 0 Å². The molecule has 4 nitrogen and oxygen atoms in total. The molecule has 2 saturated heterocycles. The van der Waals surface area contributed by atoms with Crippen molar-refractivity contribution in [2.45, 2.75) is 90.1 Å². The van der Waals surface area contributed by atoms with Gasteiger partial charge in [-0.15, -0.1) is 0 Å². The van der Waals surface area contributed by atoms with E-state index in [4.69, 9.17) is 4.74 Å². The molecule has 0 radical (unpaired) electrons. The van der Waals surface area contributed by atoms with Crippen molar-refractivity contribution >= 4 is 5.78 Å². The summed E-state index contributed by atoms with van der Waals surface area (Å²) >= 11 is 0. The Labute approximate surface area is 189 Å². The van der Waals surface area contributed by atoms with Gasteiger partial charge in [-0.3, -0.25) is 9.69 Å². The Morgan fingerprint density at radius 3 is 2.39 bits per heavy atom. The lowest BCUT2D eigenvalue weighted by atomic mass is 9.45. The van der Waals surface area contributed by atoms with Gasteiger partial charge in [0, 0.05) is 24.5 Å². The summed E-state index contributed by atoms with van der Waals surface area (Å²) in [6, 6.07) is 1.04. The first-order valence-electron chi connectivity index (χ1n) is 13.6. The van der Waals surface area contributed by atoms with E-state index in [1.54, 1.807) is 0 Å². The zero-order valence-electron chi connectivity index (χ0n) is 20.0. The number of ether oxygens (including phenoxy) is 1. The molecule has 0 spiro atoms. The molecule has 0 amide bonds. The molecule has 8 atom stereocenters. The lowest BCUT2D eigenvalue weighted by molar-refractivity contribution is -0.142. The number of nitrogens with zero attached hydrogens (tertiary/aromatic N) is 2. The highest BCUT2D eigenvalue weighted by molar-refractivity contribution is 5.92. The predicted octanol–water partition coefficient (Wildman–Crippen LogP) is 4.37. The van der Waals surface area contributed by atoms with Crippen molar-refractivity contribution in [3.63, 3.8) is 0 Å². The van der Waals surface area contributed by atoms with Crippen molar-refractivity contribution in [1.29, 1.82) is 0 Å². The summed E-state index contributed by atoms with van der Waals surface area (Å²) in [5.41, 5.74) is 0.473. The van der Waals surface area contributed by atoms with E-state index in [0.29, 0.717) is 17.1 Å². The second-order valence-electron chi connectivity index (χ2n) is 12.5. The molecule has 0 aromatic heterocycles. The van der Waals surface area contributed by atoms with Crippen LogP contribution in [0, 0.1) is 34.5 Å². The molecule has 0 aromatic carbocycles. The minimum Gasteiger partial charge on any atom is -0.379 e. The topological polar surface area (TPSA) is 32.8 Å². The average molecular weight is 429 g/mol. The molecule has 0 unspecified atom stereocenters. The molecule has 6 aliphatic rings. The van der Waals surface area contributed by atoms with E-state index in [0.717, 1.165) is 62.9 Å². The van der Waals surface area contributed by atoms with E-state index in [-0.39, 0.29) is 11.5 Å². The normalized spacial score (nSPS) is 51.4. The number of morpholine rings is 1. The van der Waals surface area contributed by atoms with Crippen molar-refractivity contribution in [2.75, 3.05) is 39.4 Å². The molecule has 31 heavy (non-hydrogen) atoms. The summed E-state index contributed by atoms with van der Waals surface area (Å²) < 4.78 is 5.59. The molecule has 2 heterocycles. The van der Waals surface area contributed by atoms with E-state index >= 15 is 0 Å². The highest BCUT2D eigenvalue weighted by Crippen LogP contribution is 2.66. The van der Waals surface area contributed by atoms with Gasteiger partial charge in [-0.05, 0) is 106 Å². The summed E-state index contributed by atoms with van der Waals surface area (Å²) in [4.78, 5) is 19.0. The fraction of sp³-hybridized carbons (Fsp3) is 0.963. The van der Waals surface area contributed by atoms with Crippen LogP contribution in [0.4, 0.5) is 0 Å². The third kappa shape index (κ3) is 3.21. The minimum atomic E-state index is -0.0555. The summed E-state index contributed by atoms with van der Waals surface area (Å²) in [5, 5.41) is 0. The van der Waals surface area contributed by atoms with Crippen molar-refractivity contribution < 1.29 is 9.53 Å². The molecule has 0 aromatic rings. The van der Waals surface area contributed by atoms with Gasteiger partial charge in [0.15, 0.2) is 5.78 Å². The van der Waals surface area contributed by atoms with E-state index in [9.17, 15) is 4.79 Å². The molecule has 0 bridgehead atoms. The molecule has 4 aliphatic carbocycles. The number of Topliss-reactive ketones (excluding diaryl/α,β-unsaturated/α-hetero) is 1. The number of hydrogen-bond donors (Lipinski definition) is 0. The molecular weight excluding hydrogens is 384 g/mol. The maximum Gasteiger partial charge on any atom is 0.156 e. The monoisotopic (exact) mass is 428 g/mol. The Bertz CT molecular complexity index is 699. The van der Waals surface area contributed by atoms with Crippen LogP contribution in [0.2, 0.25) is 0 Å². The largest absolute Gasteiger partial charge is 0.379 e. The SMILES string of the molecule is C[C@]12CC[C@@H](N3CCCC3)C[C@@H]1CC[C@@H]1[C@@H]2CC[C@]2(C)C(=O)[C@@H](N3CCOCC3)C[C@@H]12. The first-order chi connectivity index (χ1) is 15.0. The maximum atomic E-state index is 13.7. The van der Waals surface area contributed by atoms with Crippen LogP contribution >= 0.6 is 0 Å². The Morgan fingerprint density at radius 2 is 1.61 bits per heavy atom. The second kappa shape index (κ2) is 7.81. The van der Waals surface area contributed by atoms with Crippen LogP contribution in [-0.4, -0.2) is 67.1 Å². The van der Waals surface area contributed by atoms with Crippen LogP contribution in [0.15, 0.2) is 0 Å². The Kier molecular flexibility index (Phi) is 5.31. The predicted molar refractivity (Wildman–Crippen MR) is 123 cm³/mol. The van der Waals surface area contributed by atoms with Crippen LogP contribution in [-0.2, 0) is 9.53 Å². The number of hydrogen-bond acceptors (Lipinski definition) is 4. The lowest BCUT2D eigenvalue weighted by Crippen LogP contribution is -2.55. The van der Waals surface area contributed by atoms with E-state index < -0.39 is 0 Å². The number of fused-ring (bicyclic) bond motifs is 5. The van der Waals surface area contributed by atoms with Gasteiger partial charge in [0.05, 0.1) is 19.3 Å². The number of carbonyl (C=O) groups excluding carboxylic acids is 1. The molecule has 4 saturated carbocycles. The van der Waals surface area contributed by atoms with Crippen molar-refractivity contribution in [3.8, 4) is 0 Å². The van der Waals surface area contributed by atoms with Gasteiger partial charge in [0.25, 0.3) is 0 Å². The van der Waals surface area contributed by atoms with Crippen molar-refractivity contribution in [3.05, 3.63) is 0 Å². The quantitative estimate of drug-likeness (QED) is 0.654. The van der Waals surface area contributed by atoms with Gasteiger partial charge in [0.2, 0.25) is 0 Å². The van der Waals surface area contributed by atoms with E-state index in [2.05, 4.69) is 23.6 Å². The molecule has 2 aliphatic heterocycles. The van der Waals surface area contributed by atoms with Crippen molar-refractivity contribution in [2.24, 2.45) is 34.5 Å².